The molecule has 0 bridgehead atoms. The molecule has 0 aliphatic rings. The highest BCUT2D eigenvalue weighted by Crippen LogP contribution is 2.18. The molecule has 3 unspecified atom stereocenters. The van der Waals surface area contributed by atoms with E-state index in [2.05, 4.69) is 62.5 Å². The number of rotatable bonds is 46. The van der Waals surface area contributed by atoms with E-state index in [4.69, 9.17) is 4.74 Å². The number of ether oxygens (including phenoxy) is 1. The monoisotopic (exact) mass is 830 g/mol. The van der Waals surface area contributed by atoms with Gasteiger partial charge < -0.3 is 20.3 Å². The third-order valence-corrected chi connectivity index (χ3v) is 11.7. The minimum Gasteiger partial charge on any atom is -0.462 e. The third kappa shape index (κ3) is 42.6. The van der Waals surface area contributed by atoms with Gasteiger partial charge in [0.2, 0.25) is 5.91 Å². The fourth-order valence-electron chi connectivity index (χ4n) is 7.79. The van der Waals surface area contributed by atoms with Crippen molar-refractivity contribution in [3.63, 3.8) is 0 Å². The van der Waals surface area contributed by atoms with Crippen LogP contribution >= 0.6 is 0 Å². The van der Waals surface area contributed by atoms with Gasteiger partial charge in [-0.1, -0.05) is 224 Å². The summed E-state index contributed by atoms with van der Waals surface area (Å²) in [5.74, 6) is -0.479. The second-order valence-corrected chi connectivity index (χ2v) is 17.6. The van der Waals surface area contributed by atoms with E-state index in [-0.39, 0.29) is 24.9 Å². The lowest BCUT2D eigenvalue weighted by Gasteiger charge is -2.24. The van der Waals surface area contributed by atoms with Crippen molar-refractivity contribution in [2.45, 2.75) is 283 Å². The highest BCUT2D eigenvalue weighted by Gasteiger charge is 2.24. The molecule has 59 heavy (non-hydrogen) atoms. The number of nitrogens with one attached hydrogen (secondary N) is 1. The summed E-state index contributed by atoms with van der Waals surface area (Å²) in [5.41, 5.74) is 0. The van der Waals surface area contributed by atoms with Crippen LogP contribution in [0.2, 0.25) is 0 Å². The number of carbonyl (C=O) groups excluding carboxylic acids is 2. The van der Waals surface area contributed by atoms with Gasteiger partial charge in [0.05, 0.1) is 25.2 Å². The van der Waals surface area contributed by atoms with Gasteiger partial charge in [-0.25, -0.2) is 0 Å². The first-order valence-corrected chi connectivity index (χ1v) is 25.7. The summed E-state index contributed by atoms with van der Waals surface area (Å²) in [4.78, 5) is 26.1. The van der Waals surface area contributed by atoms with E-state index in [0.717, 1.165) is 70.6 Å². The number of amides is 1. The molecule has 0 aromatic carbocycles. The molecule has 0 spiro atoms. The Hall–Kier alpha value is -1.92. The van der Waals surface area contributed by atoms with Crippen molar-refractivity contribution in [2.24, 2.45) is 0 Å². The molecule has 346 valence electrons. The highest BCUT2D eigenvalue weighted by atomic mass is 16.5. The normalized spacial score (nSPS) is 13.5. The van der Waals surface area contributed by atoms with E-state index in [1.54, 1.807) is 0 Å². The first kappa shape index (κ1) is 57.1. The average Bonchev–Trinajstić information content (AvgIpc) is 3.23. The van der Waals surface area contributed by atoms with Crippen LogP contribution in [0.5, 0.6) is 0 Å². The number of unbranched alkanes of at least 4 members (excludes halogenated alkanes) is 28. The van der Waals surface area contributed by atoms with E-state index >= 15 is 0 Å². The average molecular weight is 830 g/mol. The number of hydrogen-bond donors (Lipinski definition) is 3. The second-order valence-electron chi connectivity index (χ2n) is 17.6. The Kier molecular flexibility index (Phi) is 45.6. The van der Waals surface area contributed by atoms with Gasteiger partial charge in [0.25, 0.3) is 0 Å². The summed E-state index contributed by atoms with van der Waals surface area (Å²) >= 11 is 0. The first-order chi connectivity index (χ1) is 29.0. The lowest BCUT2D eigenvalue weighted by atomic mass is 10.0. The molecule has 0 aromatic heterocycles. The molecule has 0 rings (SSSR count). The van der Waals surface area contributed by atoms with Crippen molar-refractivity contribution in [3.05, 3.63) is 36.5 Å². The van der Waals surface area contributed by atoms with Crippen molar-refractivity contribution >= 4 is 11.9 Å². The molecule has 6 nitrogen and oxygen atoms in total. The van der Waals surface area contributed by atoms with E-state index in [1.165, 1.54) is 148 Å². The van der Waals surface area contributed by atoms with Crippen LogP contribution < -0.4 is 5.32 Å². The Morgan fingerprint density at radius 2 is 0.864 bits per heavy atom. The number of aliphatic hydroxyl groups is 2. The Morgan fingerprint density at radius 1 is 0.492 bits per heavy atom. The van der Waals surface area contributed by atoms with Crippen molar-refractivity contribution < 1.29 is 24.5 Å². The molecule has 0 radical (unpaired) electrons. The van der Waals surface area contributed by atoms with E-state index < -0.39 is 18.2 Å². The minimum atomic E-state index is -0.785. The molecule has 0 aliphatic heterocycles. The maximum absolute atomic E-state index is 13.2. The predicted octanol–water partition coefficient (Wildman–Crippen LogP) is 15.3. The maximum Gasteiger partial charge on any atom is 0.306 e. The lowest BCUT2D eigenvalue weighted by Crippen LogP contribution is -2.46. The van der Waals surface area contributed by atoms with Crippen molar-refractivity contribution in [1.29, 1.82) is 0 Å². The lowest BCUT2D eigenvalue weighted by molar-refractivity contribution is -0.151. The molecule has 6 heteroatoms. The second kappa shape index (κ2) is 47.1. The van der Waals surface area contributed by atoms with Gasteiger partial charge >= 0.3 is 5.97 Å². The van der Waals surface area contributed by atoms with Crippen LogP contribution in [-0.4, -0.2) is 46.9 Å². The zero-order valence-electron chi connectivity index (χ0n) is 39.4. The fourth-order valence-corrected chi connectivity index (χ4v) is 7.79. The minimum absolute atomic E-state index is 0.0757. The smallest absolute Gasteiger partial charge is 0.306 e. The molecule has 0 aromatic rings. The summed E-state index contributed by atoms with van der Waals surface area (Å²) < 4.78 is 5.93. The van der Waals surface area contributed by atoms with Crippen LogP contribution in [0.15, 0.2) is 36.5 Å². The number of carbonyl (C=O) groups is 2. The van der Waals surface area contributed by atoms with Gasteiger partial charge in [-0.3, -0.25) is 9.59 Å². The topological polar surface area (TPSA) is 95.9 Å². The number of hydrogen-bond acceptors (Lipinski definition) is 5. The number of allylic oxidation sites excluding steroid dienone is 6. The van der Waals surface area contributed by atoms with E-state index in [0.29, 0.717) is 19.3 Å². The maximum atomic E-state index is 13.2. The molecular weight excluding hydrogens is 731 g/mol. The van der Waals surface area contributed by atoms with Crippen LogP contribution in [0.1, 0.15) is 265 Å². The van der Waals surface area contributed by atoms with E-state index in [9.17, 15) is 19.8 Å². The molecule has 0 saturated heterocycles. The molecule has 0 saturated carbocycles. The molecule has 0 fully saturated rings. The van der Waals surface area contributed by atoms with E-state index in [1.807, 2.05) is 0 Å². The summed E-state index contributed by atoms with van der Waals surface area (Å²) in [6, 6.07) is -0.699. The molecular formula is C53H99NO5. The first-order valence-electron chi connectivity index (χ1n) is 25.7. The van der Waals surface area contributed by atoms with Crippen molar-refractivity contribution in [2.75, 3.05) is 6.61 Å². The summed E-state index contributed by atoms with van der Waals surface area (Å²) in [7, 11) is 0. The third-order valence-electron chi connectivity index (χ3n) is 11.7. The van der Waals surface area contributed by atoms with Crippen LogP contribution in [-0.2, 0) is 14.3 Å². The Morgan fingerprint density at radius 3 is 1.34 bits per heavy atom. The van der Waals surface area contributed by atoms with Crippen molar-refractivity contribution in [3.8, 4) is 0 Å². The SMILES string of the molecule is CCCCC/C=C\C/C=C\C/C=C\CCCCCCCCC(=O)OC(CCCCCCCCCCCCCC)CC(=O)NC(CO)C(O)CCCCCCCCCCC. The molecule has 1 amide bonds. The van der Waals surface area contributed by atoms with Crippen LogP contribution in [0.4, 0.5) is 0 Å². The zero-order valence-corrected chi connectivity index (χ0v) is 39.4. The van der Waals surface area contributed by atoms with Crippen LogP contribution in [0.25, 0.3) is 0 Å². The van der Waals surface area contributed by atoms with Gasteiger partial charge in [0.1, 0.15) is 6.10 Å². The Bertz CT molecular complexity index is 977. The molecule has 0 heterocycles. The van der Waals surface area contributed by atoms with Crippen molar-refractivity contribution in [1.82, 2.24) is 5.32 Å². The zero-order chi connectivity index (χ0) is 43.1. The fraction of sp³-hybridized carbons (Fsp3) is 0.849. The highest BCUT2D eigenvalue weighted by molar-refractivity contribution is 5.77. The summed E-state index contributed by atoms with van der Waals surface area (Å²) in [5, 5.41) is 23.7. The number of aliphatic hydroxyl groups excluding tert-OH is 2. The van der Waals surface area contributed by atoms with Gasteiger partial charge in [-0.2, -0.15) is 0 Å². The summed E-state index contributed by atoms with van der Waals surface area (Å²) in [6.45, 7) is 6.44. The summed E-state index contributed by atoms with van der Waals surface area (Å²) in [6.07, 6.45) is 54.9. The van der Waals surface area contributed by atoms with Crippen LogP contribution in [0.3, 0.4) is 0 Å². The number of esters is 1. The molecule has 3 N–H and O–H groups in total. The largest absolute Gasteiger partial charge is 0.462 e. The Balaban J connectivity index is 4.52. The predicted molar refractivity (Wildman–Crippen MR) is 255 cm³/mol. The standard InChI is InChI=1S/C53H99NO5/c1-4-7-10-13-16-19-21-23-24-25-26-27-28-29-31-34-37-40-43-46-53(58)59-49(44-41-38-35-33-30-22-20-17-14-11-8-5-2)47-52(57)54-50(48-55)51(56)45-42-39-36-32-18-15-12-9-6-3/h16,19,23-24,26-27,49-51,55-56H,4-15,17-18,20-22,25,28-48H2,1-3H3,(H,54,57)/b19-16-,24-23-,27-26-. The van der Waals surface area contributed by atoms with Crippen LogP contribution in [0, 0.1) is 0 Å². The van der Waals surface area contributed by atoms with Gasteiger partial charge in [-0.15, -0.1) is 0 Å². The van der Waals surface area contributed by atoms with Gasteiger partial charge in [0, 0.05) is 6.42 Å². The van der Waals surface area contributed by atoms with Gasteiger partial charge in [0.15, 0.2) is 0 Å². The Labute approximate surface area is 366 Å². The quantitative estimate of drug-likeness (QED) is 0.0323. The van der Waals surface area contributed by atoms with Gasteiger partial charge in [-0.05, 0) is 64.2 Å². The molecule has 3 atom stereocenters. The molecule has 0 aliphatic carbocycles.